The quantitative estimate of drug-likeness (QED) is 0.893. The van der Waals surface area contributed by atoms with E-state index in [0.717, 1.165) is 17.5 Å². The van der Waals surface area contributed by atoms with Gasteiger partial charge in [0.05, 0.1) is 5.69 Å². The summed E-state index contributed by atoms with van der Waals surface area (Å²) in [5, 5.41) is 9.01. The standard InChI is InChI=1S/C13H23N3S/c1-9-13(10(2)16(3)15-9)8-14-11-5-6-12(7-11)17-4/h11-12,14H,5-8H2,1-4H3. The first-order chi connectivity index (χ1) is 8.11. The molecule has 17 heavy (non-hydrogen) atoms. The van der Waals surface area contributed by atoms with Crippen molar-refractivity contribution in [2.24, 2.45) is 7.05 Å². The minimum absolute atomic E-state index is 0.700. The molecule has 0 aliphatic heterocycles. The number of nitrogens with one attached hydrogen (secondary N) is 1. The molecule has 0 spiro atoms. The van der Waals surface area contributed by atoms with Gasteiger partial charge in [-0.2, -0.15) is 16.9 Å². The average molecular weight is 253 g/mol. The first kappa shape index (κ1) is 13.0. The first-order valence-corrected chi connectivity index (χ1v) is 7.66. The summed E-state index contributed by atoms with van der Waals surface area (Å²) in [4.78, 5) is 0. The number of hydrogen-bond donors (Lipinski definition) is 1. The van der Waals surface area contributed by atoms with Gasteiger partial charge in [-0.15, -0.1) is 0 Å². The van der Waals surface area contributed by atoms with Gasteiger partial charge in [-0.25, -0.2) is 0 Å². The van der Waals surface area contributed by atoms with E-state index in [-0.39, 0.29) is 0 Å². The Bertz CT molecular complexity index is 386. The van der Waals surface area contributed by atoms with Gasteiger partial charge in [0.15, 0.2) is 0 Å². The van der Waals surface area contributed by atoms with Crippen molar-refractivity contribution in [1.82, 2.24) is 15.1 Å². The van der Waals surface area contributed by atoms with Gasteiger partial charge in [0.2, 0.25) is 0 Å². The largest absolute Gasteiger partial charge is 0.310 e. The lowest BCUT2D eigenvalue weighted by atomic mass is 10.1. The van der Waals surface area contributed by atoms with E-state index in [1.165, 1.54) is 30.5 Å². The predicted molar refractivity (Wildman–Crippen MR) is 74.5 cm³/mol. The fourth-order valence-electron chi connectivity index (χ4n) is 2.66. The van der Waals surface area contributed by atoms with Crippen LogP contribution in [0.15, 0.2) is 0 Å². The molecule has 1 aliphatic rings. The molecule has 0 saturated heterocycles. The van der Waals surface area contributed by atoms with E-state index in [1.54, 1.807) is 0 Å². The lowest BCUT2D eigenvalue weighted by Crippen LogP contribution is -2.26. The van der Waals surface area contributed by atoms with Crippen LogP contribution in [0.1, 0.15) is 36.2 Å². The molecule has 1 N–H and O–H groups in total. The Kier molecular flexibility index (Phi) is 4.15. The van der Waals surface area contributed by atoms with Gasteiger partial charge in [0, 0.05) is 36.1 Å². The molecule has 0 amide bonds. The minimum Gasteiger partial charge on any atom is -0.310 e. The molecule has 0 radical (unpaired) electrons. The maximum Gasteiger partial charge on any atom is 0.0641 e. The van der Waals surface area contributed by atoms with E-state index in [4.69, 9.17) is 0 Å². The Morgan fingerprint density at radius 1 is 1.41 bits per heavy atom. The lowest BCUT2D eigenvalue weighted by Gasteiger charge is -2.12. The molecular formula is C13H23N3S. The van der Waals surface area contributed by atoms with Crippen molar-refractivity contribution in [3.05, 3.63) is 17.0 Å². The van der Waals surface area contributed by atoms with Gasteiger partial charge in [0.25, 0.3) is 0 Å². The Balaban J connectivity index is 1.90. The Morgan fingerprint density at radius 2 is 2.18 bits per heavy atom. The zero-order valence-corrected chi connectivity index (χ0v) is 12.1. The van der Waals surface area contributed by atoms with Crippen LogP contribution in [-0.4, -0.2) is 27.3 Å². The van der Waals surface area contributed by atoms with Gasteiger partial charge in [-0.1, -0.05) is 0 Å². The van der Waals surface area contributed by atoms with E-state index in [9.17, 15) is 0 Å². The fourth-order valence-corrected chi connectivity index (χ4v) is 3.46. The highest BCUT2D eigenvalue weighted by Gasteiger charge is 2.23. The van der Waals surface area contributed by atoms with Crippen LogP contribution in [0.2, 0.25) is 0 Å². The topological polar surface area (TPSA) is 29.9 Å². The molecule has 3 nitrogen and oxygen atoms in total. The summed E-state index contributed by atoms with van der Waals surface area (Å²) in [6.07, 6.45) is 6.23. The normalized spacial score (nSPS) is 24.5. The third-order valence-electron chi connectivity index (χ3n) is 3.94. The van der Waals surface area contributed by atoms with Crippen molar-refractivity contribution in [1.29, 1.82) is 0 Å². The average Bonchev–Trinajstić information content (AvgIpc) is 2.84. The van der Waals surface area contributed by atoms with Gasteiger partial charge in [0.1, 0.15) is 0 Å². The zero-order chi connectivity index (χ0) is 12.4. The molecule has 2 atom stereocenters. The van der Waals surface area contributed by atoms with Crippen LogP contribution in [0.3, 0.4) is 0 Å². The summed E-state index contributed by atoms with van der Waals surface area (Å²) in [5.74, 6) is 0. The van der Waals surface area contributed by atoms with Crippen LogP contribution in [0, 0.1) is 13.8 Å². The number of rotatable bonds is 4. The van der Waals surface area contributed by atoms with Crippen molar-refractivity contribution in [2.45, 2.75) is 50.9 Å². The molecule has 1 aliphatic carbocycles. The smallest absolute Gasteiger partial charge is 0.0641 e. The summed E-state index contributed by atoms with van der Waals surface area (Å²) in [5.41, 5.74) is 3.83. The number of aryl methyl sites for hydroxylation is 2. The second kappa shape index (κ2) is 5.44. The van der Waals surface area contributed by atoms with Crippen LogP contribution in [0.25, 0.3) is 0 Å². The van der Waals surface area contributed by atoms with E-state index >= 15 is 0 Å². The van der Waals surface area contributed by atoms with Crippen molar-refractivity contribution < 1.29 is 0 Å². The van der Waals surface area contributed by atoms with Gasteiger partial charge in [-0.05, 0) is 39.4 Å². The van der Waals surface area contributed by atoms with Crippen molar-refractivity contribution in [3.63, 3.8) is 0 Å². The third kappa shape index (κ3) is 2.86. The molecule has 2 unspecified atom stereocenters. The second-order valence-electron chi connectivity index (χ2n) is 5.02. The maximum atomic E-state index is 4.46. The third-order valence-corrected chi connectivity index (χ3v) is 5.04. The Hall–Kier alpha value is -0.480. The summed E-state index contributed by atoms with van der Waals surface area (Å²) >= 11 is 2.01. The van der Waals surface area contributed by atoms with E-state index in [1.807, 2.05) is 23.5 Å². The monoisotopic (exact) mass is 253 g/mol. The molecule has 1 fully saturated rings. The van der Waals surface area contributed by atoms with Crippen molar-refractivity contribution in [2.75, 3.05) is 6.26 Å². The van der Waals surface area contributed by atoms with Gasteiger partial charge >= 0.3 is 0 Å². The lowest BCUT2D eigenvalue weighted by molar-refractivity contribution is 0.523. The Morgan fingerprint density at radius 3 is 2.71 bits per heavy atom. The summed E-state index contributed by atoms with van der Waals surface area (Å²) in [6, 6.07) is 0.700. The predicted octanol–water partition coefficient (Wildman–Crippen LogP) is 2.41. The summed E-state index contributed by atoms with van der Waals surface area (Å²) in [6.45, 7) is 5.22. The minimum atomic E-state index is 0.700. The molecule has 1 aromatic heterocycles. The number of thioether (sulfide) groups is 1. The van der Waals surface area contributed by atoms with Gasteiger partial charge < -0.3 is 5.32 Å². The zero-order valence-electron chi connectivity index (χ0n) is 11.3. The molecule has 1 heterocycles. The number of nitrogens with zero attached hydrogens (tertiary/aromatic N) is 2. The van der Waals surface area contributed by atoms with Crippen LogP contribution >= 0.6 is 11.8 Å². The van der Waals surface area contributed by atoms with E-state index in [2.05, 4.69) is 30.5 Å². The second-order valence-corrected chi connectivity index (χ2v) is 6.16. The highest BCUT2D eigenvalue weighted by Crippen LogP contribution is 2.28. The number of aromatic nitrogens is 2. The SMILES string of the molecule is CSC1CCC(NCc2c(C)nn(C)c2C)C1. The van der Waals surface area contributed by atoms with Gasteiger partial charge in [-0.3, -0.25) is 4.68 Å². The molecule has 4 heteroatoms. The highest BCUT2D eigenvalue weighted by molar-refractivity contribution is 7.99. The van der Waals surface area contributed by atoms with E-state index < -0.39 is 0 Å². The summed E-state index contributed by atoms with van der Waals surface area (Å²) < 4.78 is 1.98. The number of hydrogen-bond acceptors (Lipinski definition) is 3. The van der Waals surface area contributed by atoms with Crippen LogP contribution in [-0.2, 0) is 13.6 Å². The Labute approximate surface area is 108 Å². The van der Waals surface area contributed by atoms with Crippen LogP contribution < -0.4 is 5.32 Å². The molecule has 96 valence electrons. The van der Waals surface area contributed by atoms with Crippen LogP contribution in [0.5, 0.6) is 0 Å². The molecule has 1 saturated carbocycles. The van der Waals surface area contributed by atoms with E-state index in [0.29, 0.717) is 6.04 Å². The molecule has 2 rings (SSSR count). The van der Waals surface area contributed by atoms with Crippen molar-refractivity contribution >= 4 is 11.8 Å². The molecule has 0 aromatic carbocycles. The molecular weight excluding hydrogens is 230 g/mol. The fraction of sp³-hybridized carbons (Fsp3) is 0.769. The highest BCUT2D eigenvalue weighted by atomic mass is 32.2. The van der Waals surface area contributed by atoms with Crippen LogP contribution in [0.4, 0.5) is 0 Å². The molecule has 0 bridgehead atoms. The first-order valence-electron chi connectivity index (χ1n) is 6.37. The summed E-state index contributed by atoms with van der Waals surface area (Å²) in [7, 11) is 2.02. The maximum absolute atomic E-state index is 4.46. The molecule has 1 aromatic rings. The van der Waals surface area contributed by atoms with Crippen molar-refractivity contribution in [3.8, 4) is 0 Å².